The van der Waals surface area contributed by atoms with E-state index in [9.17, 15) is 4.79 Å². The highest BCUT2D eigenvalue weighted by Gasteiger charge is 2.16. The van der Waals surface area contributed by atoms with Gasteiger partial charge in [0.1, 0.15) is 11.9 Å². The second-order valence-corrected chi connectivity index (χ2v) is 7.34. The van der Waals surface area contributed by atoms with Gasteiger partial charge in [-0.3, -0.25) is 9.88 Å². The molecule has 0 aliphatic carbocycles. The van der Waals surface area contributed by atoms with Gasteiger partial charge in [0.25, 0.3) is 0 Å². The van der Waals surface area contributed by atoms with Crippen molar-refractivity contribution in [2.24, 2.45) is 0 Å². The van der Waals surface area contributed by atoms with Crippen LogP contribution < -0.4 is 5.32 Å². The van der Waals surface area contributed by atoms with Crippen LogP contribution in [-0.2, 0) is 4.74 Å². The highest BCUT2D eigenvalue weighted by Crippen LogP contribution is 2.23. The number of benzene rings is 2. The molecule has 0 spiro atoms. The second-order valence-electron chi connectivity index (χ2n) is 6.42. The third-order valence-electron chi connectivity index (χ3n) is 3.30. The zero-order valence-electron chi connectivity index (χ0n) is 13.7. The van der Waals surface area contributed by atoms with Crippen LogP contribution >= 0.6 is 15.9 Å². The van der Waals surface area contributed by atoms with Crippen LogP contribution in [0.2, 0.25) is 0 Å². The molecule has 124 valence electrons. The van der Waals surface area contributed by atoms with E-state index in [1.807, 2.05) is 67.8 Å². The minimum atomic E-state index is -0.521. The first-order chi connectivity index (χ1) is 11.3. The summed E-state index contributed by atoms with van der Waals surface area (Å²) in [7, 11) is 0. The van der Waals surface area contributed by atoms with E-state index >= 15 is 0 Å². The molecule has 24 heavy (non-hydrogen) atoms. The Hall–Kier alpha value is -2.34. The van der Waals surface area contributed by atoms with Crippen molar-refractivity contribution in [3.8, 4) is 5.69 Å². The van der Waals surface area contributed by atoms with E-state index in [2.05, 4.69) is 26.2 Å². The lowest BCUT2D eigenvalue weighted by Crippen LogP contribution is -2.27. The Bertz CT molecular complexity index is 879. The monoisotopic (exact) mass is 387 g/mol. The van der Waals surface area contributed by atoms with Crippen molar-refractivity contribution in [3.05, 3.63) is 53.3 Å². The lowest BCUT2D eigenvalue weighted by Gasteiger charge is -2.19. The van der Waals surface area contributed by atoms with Gasteiger partial charge in [-0.05, 0) is 63.2 Å². The van der Waals surface area contributed by atoms with Gasteiger partial charge in [0, 0.05) is 15.8 Å². The summed E-state index contributed by atoms with van der Waals surface area (Å²) in [6.07, 6.45) is 1.32. The van der Waals surface area contributed by atoms with Gasteiger partial charge in [0.2, 0.25) is 0 Å². The predicted molar refractivity (Wildman–Crippen MR) is 98.6 cm³/mol. The Balaban J connectivity index is 1.81. The van der Waals surface area contributed by atoms with Crippen molar-refractivity contribution in [1.29, 1.82) is 0 Å². The number of imidazole rings is 1. The number of rotatable bonds is 2. The smallest absolute Gasteiger partial charge is 0.412 e. The van der Waals surface area contributed by atoms with Gasteiger partial charge in [-0.15, -0.1) is 0 Å². The molecule has 0 saturated carbocycles. The zero-order chi connectivity index (χ0) is 17.3. The van der Waals surface area contributed by atoms with Crippen LogP contribution in [0.3, 0.4) is 0 Å². The average Bonchev–Trinajstić information content (AvgIpc) is 2.89. The number of hydrogen-bond donors (Lipinski definition) is 1. The second kappa shape index (κ2) is 6.28. The summed E-state index contributed by atoms with van der Waals surface area (Å²) < 4.78 is 8.24. The molecule has 3 rings (SSSR count). The van der Waals surface area contributed by atoms with Crippen molar-refractivity contribution < 1.29 is 9.53 Å². The largest absolute Gasteiger partial charge is 0.444 e. The minimum absolute atomic E-state index is 0.465. The first-order valence-electron chi connectivity index (χ1n) is 7.55. The molecule has 0 unspecified atom stereocenters. The summed E-state index contributed by atoms with van der Waals surface area (Å²) in [5.41, 5.74) is 3.06. The van der Waals surface area contributed by atoms with Crippen LogP contribution in [0.5, 0.6) is 0 Å². The topological polar surface area (TPSA) is 56.1 Å². The molecule has 1 N–H and O–H groups in total. The number of halogens is 1. The maximum atomic E-state index is 11.8. The van der Waals surface area contributed by atoms with Crippen molar-refractivity contribution in [1.82, 2.24) is 9.55 Å². The van der Waals surface area contributed by atoms with Crippen molar-refractivity contribution in [2.75, 3.05) is 5.32 Å². The van der Waals surface area contributed by atoms with Gasteiger partial charge >= 0.3 is 6.09 Å². The number of carbonyl (C=O) groups excluding carboxylic acids is 1. The quantitative estimate of drug-likeness (QED) is 0.662. The zero-order valence-corrected chi connectivity index (χ0v) is 15.3. The number of ether oxygens (including phenoxy) is 1. The molecular formula is C18H18BrN3O2. The Morgan fingerprint density at radius 1 is 1.17 bits per heavy atom. The highest BCUT2D eigenvalue weighted by molar-refractivity contribution is 9.10. The number of amides is 1. The Morgan fingerprint density at radius 3 is 2.54 bits per heavy atom. The molecular weight excluding hydrogens is 370 g/mol. The van der Waals surface area contributed by atoms with Gasteiger partial charge < -0.3 is 4.74 Å². The van der Waals surface area contributed by atoms with Crippen molar-refractivity contribution in [3.63, 3.8) is 0 Å². The fourth-order valence-electron chi connectivity index (χ4n) is 2.31. The van der Waals surface area contributed by atoms with E-state index in [-0.39, 0.29) is 0 Å². The van der Waals surface area contributed by atoms with Crippen LogP contribution in [0.4, 0.5) is 10.5 Å². The number of nitrogens with zero attached hydrogens (tertiary/aromatic N) is 2. The van der Waals surface area contributed by atoms with E-state index in [1.165, 1.54) is 0 Å². The first kappa shape index (κ1) is 16.5. The predicted octanol–water partition coefficient (Wildman–Crippen LogP) is 5.14. The Morgan fingerprint density at radius 2 is 1.88 bits per heavy atom. The minimum Gasteiger partial charge on any atom is -0.444 e. The normalized spacial score (nSPS) is 11.5. The lowest BCUT2D eigenvalue weighted by molar-refractivity contribution is 0.0636. The molecule has 0 aliphatic rings. The maximum absolute atomic E-state index is 11.8. The fraction of sp³-hybridized carbons (Fsp3) is 0.222. The van der Waals surface area contributed by atoms with E-state index < -0.39 is 11.7 Å². The molecule has 3 aromatic rings. The number of aromatic nitrogens is 2. The third kappa shape index (κ3) is 3.76. The summed E-state index contributed by atoms with van der Waals surface area (Å²) in [4.78, 5) is 16.2. The van der Waals surface area contributed by atoms with Crippen LogP contribution in [0, 0.1) is 0 Å². The molecule has 1 aromatic heterocycles. The average molecular weight is 388 g/mol. The molecule has 2 aromatic carbocycles. The van der Waals surface area contributed by atoms with Crippen molar-refractivity contribution in [2.45, 2.75) is 26.4 Å². The molecule has 1 heterocycles. The van der Waals surface area contributed by atoms with Crippen LogP contribution in [0.25, 0.3) is 16.7 Å². The summed E-state index contributed by atoms with van der Waals surface area (Å²) in [5, 5.41) is 2.72. The van der Waals surface area contributed by atoms with E-state index in [0.29, 0.717) is 5.69 Å². The lowest BCUT2D eigenvalue weighted by atomic mass is 10.2. The van der Waals surface area contributed by atoms with Gasteiger partial charge in [-0.2, -0.15) is 0 Å². The molecule has 0 fully saturated rings. The number of hydrogen-bond acceptors (Lipinski definition) is 3. The standard InChI is InChI=1S/C18H18BrN3O2/c1-18(2,3)24-17(23)21-13-5-7-14(8-6-13)22-11-20-15-9-4-12(19)10-16(15)22/h4-11H,1-3H3,(H,21,23). The van der Waals surface area contributed by atoms with Gasteiger partial charge in [-0.25, -0.2) is 9.78 Å². The molecule has 0 bridgehead atoms. The van der Waals surface area contributed by atoms with Crippen LogP contribution in [0.15, 0.2) is 53.3 Å². The van der Waals surface area contributed by atoms with Crippen LogP contribution in [0.1, 0.15) is 20.8 Å². The van der Waals surface area contributed by atoms with Gasteiger partial charge in [0.05, 0.1) is 11.0 Å². The molecule has 5 nitrogen and oxygen atoms in total. The molecule has 0 aliphatic heterocycles. The fourth-order valence-corrected chi connectivity index (χ4v) is 2.66. The summed E-state index contributed by atoms with van der Waals surface area (Å²) in [6, 6.07) is 13.5. The van der Waals surface area contributed by atoms with Crippen molar-refractivity contribution >= 4 is 38.7 Å². The molecule has 0 saturated heterocycles. The molecule has 0 radical (unpaired) electrons. The van der Waals surface area contributed by atoms with E-state index in [4.69, 9.17) is 4.74 Å². The maximum Gasteiger partial charge on any atom is 0.412 e. The number of nitrogens with one attached hydrogen (secondary N) is 1. The Labute approximate surface area is 148 Å². The number of carbonyl (C=O) groups is 1. The van der Waals surface area contributed by atoms with Crippen LogP contribution in [-0.4, -0.2) is 21.2 Å². The summed E-state index contributed by atoms with van der Waals surface area (Å²) in [5.74, 6) is 0. The molecule has 6 heteroatoms. The van der Waals surface area contributed by atoms with Gasteiger partial charge in [-0.1, -0.05) is 15.9 Å². The number of fused-ring (bicyclic) bond motifs is 1. The van der Waals surface area contributed by atoms with Gasteiger partial charge in [0.15, 0.2) is 0 Å². The first-order valence-corrected chi connectivity index (χ1v) is 8.34. The van der Waals surface area contributed by atoms with E-state index in [0.717, 1.165) is 21.2 Å². The summed E-state index contributed by atoms with van der Waals surface area (Å²) >= 11 is 3.48. The molecule has 1 amide bonds. The highest BCUT2D eigenvalue weighted by atomic mass is 79.9. The Kier molecular flexibility index (Phi) is 4.32. The molecule has 0 atom stereocenters. The van der Waals surface area contributed by atoms with E-state index in [1.54, 1.807) is 6.33 Å². The number of anilines is 1. The summed E-state index contributed by atoms with van der Waals surface area (Å²) in [6.45, 7) is 5.49. The third-order valence-corrected chi connectivity index (χ3v) is 3.79. The SMILES string of the molecule is CC(C)(C)OC(=O)Nc1ccc(-n2cnc3ccc(Br)cc32)cc1.